The summed E-state index contributed by atoms with van der Waals surface area (Å²) in [5.41, 5.74) is 0.603. The highest BCUT2D eigenvalue weighted by atomic mass is 16.7. The van der Waals surface area contributed by atoms with Gasteiger partial charge in [0.2, 0.25) is 6.41 Å². The minimum Gasteiger partial charge on any atom is -0.485 e. The molecule has 1 aliphatic heterocycles. The van der Waals surface area contributed by atoms with E-state index in [1.165, 1.54) is 0 Å². The predicted molar refractivity (Wildman–Crippen MR) is 90.1 cm³/mol. The summed E-state index contributed by atoms with van der Waals surface area (Å²) in [6.45, 7) is 10.1. The van der Waals surface area contributed by atoms with Gasteiger partial charge in [0, 0.05) is 0 Å². The number of rotatable bonds is 5. The lowest BCUT2D eigenvalue weighted by Crippen LogP contribution is -2.41. The lowest BCUT2D eigenvalue weighted by atomic mass is 9.79. The van der Waals surface area contributed by atoms with Crippen molar-refractivity contribution in [3.63, 3.8) is 0 Å². The first-order valence-electron chi connectivity index (χ1n) is 8.05. The molecule has 3 rings (SSSR count). The zero-order chi connectivity index (χ0) is 16.9. The molecule has 1 amide bonds. The third-order valence-electron chi connectivity index (χ3n) is 5.05. The summed E-state index contributed by atoms with van der Waals surface area (Å²) >= 11 is 0. The summed E-state index contributed by atoms with van der Waals surface area (Å²) in [5, 5.41) is 2.72. The molecule has 2 aliphatic rings. The van der Waals surface area contributed by atoms with Crippen LogP contribution in [0.25, 0.3) is 0 Å². The van der Waals surface area contributed by atoms with Crippen LogP contribution in [0, 0.1) is 0 Å². The minimum absolute atomic E-state index is 0.106. The Balaban J connectivity index is 1.86. The Morgan fingerprint density at radius 1 is 1.13 bits per heavy atom. The second-order valence-electron chi connectivity index (χ2n) is 7.66. The number of hydrogen-bond donors (Lipinski definition) is 1. The second kappa shape index (κ2) is 5.25. The van der Waals surface area contributed by atoms with Gasteiger partial charge in [-0.25, -0.2) is 0 Å². The summed E-state index contributed by atoms with van der Waals surface area (Å²) in [6.07, 6.45) is 2.73. The molecular weight excluding hydrogens is 293 g/mol. The molecular formula is C17H24BNO4. The summed E-state index contributed by atoms with van der Waals surface area (Å²) in [4.78, 5) is 10.9. The fourth-order valence-electron chi connectivity index (χ4n) is 2.48. The standard InChI is InChI=1S/C17H24BNO4/c1-15(2)16(3,4)23-18(22-15)12-6-7-14(13(10-12)19-11-20)21-17(5)8-9-17/h6-7,10-11H,8-9H2,1-5H3,(H,19,20). The largest absolute Gasteiger partial charge is 0.494 e. The van der Waals surface area contributed by atoms with Crippen LogP contribution in [-0.2, 0) is 14.1 Å². The first-order valence-corrected chi connectivity index (χ1v) is 8.05. The van der Waals surface area contributed by atoms with Crippen LogP contribution >= 0.6 is 0 Å². The molecule has 0 aromatic heterocycles. The van der Waals surface area contributed by atoms with E-state index in [0.29, 0.717) is 17.8 Å². The molecule has 0 radical (unpaired) electrons. The number of hydrogen-bond acceptors (Lipinski definition) is 4. The van der Waals surface area contributed by atoms with Gasteiger partial charge in [-0.05, 0) is 65.1 Å². The van der Waals surface area contributed by atoms with Gasteiger partial charge in [0.25, 0.3) is 0 Å². The van der Waals surface area contributed by atoms with Gasteiger partial charge in [0.15, 0.2) is 0 Å². The van der Waals surface area contributed by atoms with Crippen LogP contribution in [0.1, 0.15) is 47.5 Å². The van der Waals surface area contributed by atoms with E-state index in [1.54, 1.807) is 0 Å². The van der Waals surface area contributed by atoms with E-state index in [0.717, 1.165) is 18.3 Å². The average molecular weight is 317 g/mol. The van der Waals surface area contributed by atoms with Gasteiger partial charge in [-0.3, -0.25) is 4.79 Å². The molecule has 1 saturated carbocycles. The van der Waals surface area contributed by atoms with Crippen molar-refractivity contribution >= 4 is 24.7 Å². The fourth-order valence-corrected chi connectivity index (χ4v) is 2.48. The van der Waals surface area contributed by atoms with E-state index in [9.17, 15) is 4.79 Å². The van der Waals surface area contributed by atoms with Crippen molar-refractivity contribution in [2.75, 3.05) is 5.32 Å². The Hall–Kier alpha value is -1.53. The maximum Gasteiger partial charge on any atom is 0.494 e. The minimum atomic E-state index is -0.460. The van der Waals surface area contributed by atoms with Crippen LogP contribution in [0.5, 0.6) is 5.75 Å². The van der Waals surface area contributed by atoms with Gasteiger partial charge in [0.05, 0.1) is 16.9 Å². The van der Waals surface area contributed by atoms with Crippen molar-refractivity contribution in [1.82, 2.24) is 0 Å². The third-order valence-corrected chi connectivity index (χ3v) is 5.05. The maximum atomic E-state index is 10.9. The Kier molecular flexibility index (Phi) is 3.73. The van der Waals surface area contributed by atoms with Gasteiger partial charge in [-0.2, -0.15) is 0 Å². The SMILES string of the molecule is CC1(Oc2ccc(B3OC(C)(C)C(C)(C)O3)cc2NC=O)CC1. The predicted octanol–water partition coefficient (Wildman–Crippen LogP) is 2.49. The zero-order valence-corrected chi connectivity index (χ0v) is 14.4. The van der Waals surface area contributed by atoms with E-state index >= 15 is 0 Å². The van der Waals surface area contributed by atoms with Gasteiger partial charge in [-0.1, -0.05) is 6.07 Å². The van der Waals surface area contributed by atoms with E-state index < -0.39 is 18.3 Å². The molecule has 1 heterocycles. The molecule has 0 spiro atoms. The van der Waals surface area contributed by atoms with Crippen molar-refractivity contribution < 1.29 is 18.8 Å². The van der Waals surface area contributed by atoms with Crippen molar-refractivity contribution in [3.8, 4) is 5.75 Å². The number of carbonyl (C=O) groups excluding carboxylic acids is 1. The highest BCUT2D eigenvalue weighted by Gasteiger charge is 2.51. The highest BCUT2D eigenvalue weighted by Crippen LogP contribution is 2.42. The molecule has 0 atom stereocenters. The van der Waals surface area contributed by atoms with Gasteiger partial charge in [0.1, 0.15) is 11.4 Å². The molecule has 1 aliphatic carbocycles. The van der Waals surface area contributed by atoms with Crippen LogP contribution in [-0.4, -0.2) is 30.3 Å². The van der Waals surface area contributed by atoms with E-state index in [-0.39, 0.29) is 5.60 Å². The maximum absolute atomic E-state index is 10.9. The summed E-state index contributed by atoms with van der Waals surface area (Å²) in [5.74, 6) is 0.678. The summed E-state index contributed by atoms with van der Waals surface area (Å²) < 4.78 is 18.1. The Bertz CT molecular complexity index is 609. The Morgan fingerprint density at radius 3 is 2.26 bits per heavy atom. The molecule has 0 bridgehead atoms. The van der Waals surface area contributed by atoms with Crippen molar-refractivity contribution in [1.29, 1.82) is 0 Å². The van der Waals surface area contributed by atoms with E-state index in [4.69, 9.17) is 14.0 Å². The lowest BCUT2D eigenvalue weighted by molar-refractivity contribution is -0.105. The molecule has 6 heteroatoms. The fraction of sp³-hybridized carbons (Fsp3) is 0.588. The van der Waals surface area contributed by atoms with E-state index in [2.05, 4.69) is 12.2 Å². The van der Waals surface area contributed by atoms with Crippen LogP contribution in [0.15, 0.2) is 18.2 Å². The molecule has 124 valence electrons. The molecule has 1 saturated heterocycles. The Morgan fingerprint density at radius 2 is 1.74 bits per heavy atom. The first-order chi connectivity index (χ1) is 10.7. The average Bonchev–Trinajstić information content (AvgIpc) is 3.11. The normalized spacial score (nSPS) is 23.4. The molecule has 1 N–H and O–H groups in total. The van der Waals surface area contributed by atoms with Gasteiger partial charge >= 0.3 is 7.12 Å². The smallest absolute Gasteiger partial charge is 0.485 e. The number of amides is 1. The summed E-state index contributed by atoms with van der Waals surface area (Å²) in [7, 11) is -0.460. The van der Waals surface area contributed by atoms with Crippen LogP contribution in [0.3, 0.4) is 0 Å². The molecule has 1 aromatic carbocycles. The summed E-state index contributed by atoms with van der Waals surface area (Å²) in [6, 6.07) is 5.66. The van der Waals surface area contributed by atoms with Crippen LogP contribution < -0.4 is 15.5 Å². The number of anilines is 1. The number of benzene rings is 1. The second-order valence-corrected chi connectivity index (χ2v) is 7.66. The zero-order valence-electron chi connectivity index (χ0n) is 14.4. The topological polar surface area (TPSA) is 56.8 Å². The molecule has 2 fully saturated rings. The molecule has 23 heavy (non-hydrogen) atoms. The van der Waals surface area contributed by atoms with Crippen molar-refractivity contribution in [2.45, 2.75) is 64.3 Å². The molecule has 0 unspecified atom stereocenters. The Labute approximate surface area is 137 Å². The first kappa shape index (κ1) is 16.3. The number of nitrogens with one attached hydrogen (secondary N) is 1. The molecule has 1 aromatic rings. The van der Waals surface area contributed by atoms with Crippen molar-refractivity contribution in [3.05, 3.63) is 18.2 Å². The molecule has 5 nitrogen and oxygen atoms in total. The highest BCUT2D eigenvalue weighted by molar-refractivity contribution is 6.62. The van der Waals surface area contributed by atoms with E-state index in [1.807, 2.05) is 45.9 Å². The number of ether oxygens (including phenoxy) is 1. The monoisotopic (exact) mass is 317 g/mol. The van der Waals surface area contributed by atoms with Crippen LogP contribution in [0.4, 0.5) is 5.69 Å². The number of carbonyl (C=O) groups is 1. The van der Waals surface area contributed by atoms with Crippen LogP contribution in [0.2, 0.25) is 0 Å². The van der Waals surface area contributed by atoms with Crippen molar-refractivity contribution in [2.24, 2.45) is 0 Å². The van der Waals surface area contributed by atoms with Gasteiger partial charge < -0.3 is 19.4 Å². The lowest BCUT2D eigenvalue weighted by Gasteiger charge is -2.32. The third kappa shape index (κ3) is 3.10. The van der Waals surface area contributed by atoms with Gasteiger partial charge in [-0.15, -0.1) is 0 Å². The quantitative estimate of drug-likeness (QED) is 0.669.